The molecule has 3 atom stereocenters. The minimum atomic E-state index is -3.24. The fraction of sp³-hybridized carbons (Fsp3) is 0.462. The molecule has 190 valence electrons. The second-order valence-corrected chi connectivity index (χ2v) is 11.7. The highest BCUT2D eigenvalue weighted by molar-refractivity contribution is 7.99. The van der Waals surface area contributed by atoms with E-state index in [1.165, 1.54) is 22.2 Å². The first kappa shape index (κ1) is 27.5. The van der Waals surface area contributed by atoms with Gasteiger partial charge in [-0.3, -0.25) is 14.2 Å². The molecule has 35 heavy (non-hydrogen) atoms. The smallest absolute Gasteiger partial charge is 0.325 e. The summed E-state index contributed by atoms with van der Waals surface area (Å²) in [7, 11) is -3.24. The van der Waals surface area contributed by atoms with E-state index in [1.807, 2.05) is 48.5 Å². The molecule has 1 fully saturated rings. The molecule has 1 saturated heterocycles. The Morgan fingerprint density at radius 2 is 1.74 bits per heavy atom. The molecular weight excluding hydrogens is 483 g/mol. The van der Waals surface area contributed by atoms with Gasteiger partial charge in [0.25, 0.3) is 7.52 Å². The minimum absolute atomic E-state index is 0.159. The summed E-state index contributed by atoms with van der Waals surface area (Å²) in [5, 5.41) is 2.74. The summed E-state index contributed by atoms with van der Waals surface area (Å²) in [4.78, 5) is 27.3. The Kier molecular flexibility index (Phi) is 10.9. The van der Waals surface area contributed by atoms with Crippen molar-refractivity contribution in [3.8, 4) is 0 Å². The van der Waals surface area contributed by atoms with Crippen LogP contribution >= 0.6 is 19.3 Å². The van der Waals surface area contributed by atoms with Crippen molar-refractivity contribution in [1.29, 1.82) is 0 Å². The predicted octanol–water partition coefficient (Wildman–Crippen LogP) is 5.03. The van der Waals surface area contributed by atoms with E-state index >= 15 is 0 Å². The Morgan fingerprint density at radius 1 is 1.06 bits per heavy atom. The molecule has 0 spiro atoms. The Bertz CT molecular complexity index is 992. The van der Waals surface area contributed by atoms with E-state index in [0.29, 0.717) is 18.3 Å². The third kappa shape index (κ3) is 8.21. The molecule has 2 aromatic rings. The van der Waals surface area contributed by atoms with Gasteiger partial charge in [-0.2, -0.15) is 0 Å². The van der Waals surface area contributed by atoms with E-state index < -0.39 is 19.5 Å². The number of rotatable bonds is 13. The summed E-state index contributed by atoms with van der Waals surface area (Å²) in [6.07, 6.45) is 2.84. The molecule has 2 aromatic carbocycles. The van der Waals surface area contributed by atoms with E-state index in [4.69, 9.17) is 9.26 Å². The van der Waals surface area contributed by atoms with Gasteiger partial charge >= 0.3 is 5.97 Å². The zero-order valence-electron chi connectivity index (χ0n) is 20.4. The highest BCUT2D eigenvalue weighted by Gasteiger charge is 2.41. The molecule has 0 bridgehead atoms. The molecule has 9 heteroatoms. The summed E-state index contributed by atoms with van der Waals surface area (Å²) in [6, 6.07) is 19.1. The summed E-state index contributed by atoms with van der Waals surface area (Å²) < 4.78 is 24.4. The zero-order valence-corrected chi connectivity index (χ0v) is 22.1. The fourth-order valence-electron chi connectivity index (χ4n) is 4.06. The van der Waals surface area contributed by atoms with Gasteiger partial charge in [-0.05, 0) is 44.2 Å². The van der Waals surface area contributed by atoms with Crippen LogP contribution < -0.4 is 5.09 Å². The Morgan fingerprint density at radius 3 is 2.40 bits per heavy atom. The first-order valence-electron chi connectivity index (χ1n) is 12.1. The summed E-state index contributed by atoms with van der Waals surface area (Å²) >= 11 is 1.54. The first-order chi connectivity index (χ1) is 17.0. The lowest BCUT2D eigenvalue weighted by molar-refractivity contribution is -0.150. The number of hydrogen-bond acceptors (Lipinski definition) is 6. The van der Waals surface area contributed by atoms with Crippen LogP contribution in [0.3, 0.4) is 0 Å². The lowest BCUT2D eigenvalue weighted by atomic mass is 10.1. The quantitative estimate of drug-likeness (QED) is 0.226. The molecule has 2 unspecified atom stereocenters. The van der Waals surface area contributed by atoms with Crippen molar-refractivity contribution in [2.75, 3.05) is 31.7 Å². The predicted molar refractivity (Wildman–Crippen MR) is 140 cm³/mol. The number of hydrogen-bond donors (Lipinski definition) is 1. The number of thioether (sulfide) groups is 1. The number of amides is 1. The van der Waals surface area contributed by atoms with Gasteiger partial charge in [-0.1, -0.05) is 60.7 Å². The van der Waals surface area contributed by atoms with Crippen LogP contribution in [0.4, 0.5) is 0 Å². The summed E-state index contributed by atoms with van der Waals surface area (Å²) in [6.45, 7) is 3.91. The molecule has 1 amide bonds. The van der Waals surface area contributed by atoms with Crippen LogP contribution in [0.5, 0.6) is 0 Å². The lowest BCUT2D eigenvalue weighted by Gasteiger charge is -2.39. The highest BCUT2D eigenvalue weighted by atomic mass is 32.2. The van der Waals surface area contributed by atoms with Crippen LogP contribution in [0, 0.1) is 0 Å². The molecular formula is C26H35N2O5PS. The monoisotopic (exact) mass is 518 g/mol. The van der Waals surface area contributed by atoms with Crippen LogP contribution in [0.1, 0.15) is 43.2 Å². The van der Waals surface area contributed by atoms with Crippen LogP contribution in [0.2, 0.25) is 0 Å². The van der Waals surface area contributed by atoms with Gasteiger partial charge in [0.15, 0.2) is 0 Å². The number of nitrogens with one attached hydrogen (secondary N) is 1. The maximum atomic E-state index is 13.6. The second kappa shape index (κ2) is 13.8. The number of aryl methyl sites for hydroxylation is 1. The van der Waals surface area contributed by atoms with Gasteiger partial charge < -0.3 is 14.2 Å². The minimum Gasteiger partial charge on any atom is -0.465 e. The maximum Gasteiger partial charge on any atom is 0.325 e. The zero-order chi connectivity index (χ0) is 25.1. The molecule has 7 nitrogen and oxygen atoms in total. The number of nitrogens with zero attached hydrogens (tertiary/aromatic N) is 1. The van der Waals surface area contributed by atoms with Crippen LogP contribution in [0.25, 0.3) is 0 Å². The van der Waals surface area contributed by atoms with Crippen LogP contribution in [0.15, 0.2) is 60.7 Å². The molecule has 1 aliphatic heterocycles. The van der Waals surface area contributed by atoms with Crippen LogP contribution in [-0.2, 0) is 29.8 Å². The van der Waals surface area contributed by atoms with Crippen molar-refractivity contribution in [2.45, 2.75) is 44.5 Å². The van der Waals surface area contributed by atoms with E-state index in [1.54, 1.807) is 13.8 Å². The molecule has 0 radical (unpaired) electrons. The van der Waals surface area contributed by atoms with Gasteiger partial charge in [0, 0.05) is 11.9 Å². The molecule has 1 heterocycles. The Labute approximate surface area is 212 Å². The SMILES string of the molecule is CCOC(=O)CN1C(=O)C(NP(=O)(CCCCc2ccccc2)OCC)CS[C@@H]1c1ccccc1. The van der Waals surface area contributed by atoms with Crippen molar-refractivity contribution < 1.29 is 23.4 Å². The van der Waals surface area contributed by atoms with Gasteiger partial charge in [0.1, 0.15) is 18.0 Å². The number of esters is 1. The topological polar surface area (TPSA) is 84.9 Å². The number of carbonyl (C=O) groups is 2. The molecule has 0 aromatic heterocycles. The highest BCUT2D eigenvalue weighted by Crippen LogP contribution is 2.46. The Balaban J connectivity index is 1.67. The van der Waals surface area contributed by atoms with Gasteiger partial charge in [0.05, 0.1) is 13.2 Å². The number of carbonyl (C=O) groups excluding carboxylic acids is 2. The standard InChI is InChI=1S/C26H35N2O5PS/c1-3-32-24(29)19-28-25(30)23(20-35-26(28)22-16-9-6-10-17-22)27-34(31,33-4-2)18-12-11-15-21-13-7-5-8-14-21/h5-10,13-14,16-17,23,26H,3-4,11-12,15,18-20H2,1-2H3,(H,27,31)/t23?,26-,34?/m1/s1. The van der Waals surface area contributed by atoms with Crippen LogP contribution in [-0.4, -0.2) is 54.5 Å². The lowest BCUT2D eigenvalue weighted by Crippen LogP contribution is -2.53. The molecule has 0 saturated carbocycles. The van der Waals surface area contributed by atoms with Gasteiger partial charge in [-0.15, -0.1) is 11.8 Å². The number of benzene rings is 2. The van der Waals surface area contributed by atoms with Crippen molar-refractivity contribution in [1.82, 2.24) is 9.99 Å². The van der Waals surface area contributed by atoms with Crippen molar-refractivity contribution in [2.24, 2.45) is 0 Å². The second-order valence-electron chi connectivity index (χ2n) is 8.31. The molecule has 1 aliphatic rings. The molecule has 0 aliphatic carbocycles. The normalized spacial score (nSPS) is 19.8. The summed E-state index contributed by atoms with van der Waals surface area (Å²) in [5.74, 6) is -0.300. The fourth-order valence-corrected chi connectivity index (χ4v) is 7.56. The molecule has 1 N–H and O–H groups in total. The third-order valence-corrected chi connectivity index (χ3v) is 9.33. The van der Waals surface area contributed by atoms with E-state index in [2.05, 4.69) is 17.2 Å². The van der Waals surface area contributed by atoms with Gasteiger partial charge in [-0.25, -0.2) is 5.09 Å². The van der Waals surface area contributed by atoms with Gasteiger partial charge in [0.2, 0.25) is 5.91 Å². The van der Waals surface area contributed by atoms with Crippen molar-refractivity contribution >= 4 is 31.2 Å². The van der Waals surface area contributed by atoms with E-state index in [9.17, 15) is 14.2 Å². The first-order valence-corrected chi connectivity index (χ1v) is 15.0. The van der Waals surface area contributed by atoms with E-state index in [0.717, 1.165) is 18.4 Å². The van der Waals surface area contributed by atoms with Crippen molar-refractivity contribution in [3.05, 3.63) is 71.8 Å². The average Bonchev–Trinajstić information content (AvgIpc) is 2.86. The molecule has 3 rings (SSSR count). The van der Waals surface area contributed by atoms with Crippen molar-refractivity contribution in [3.63, 3.8) is 0 Å². The third-order valence-electron chi connectivity index (χ3n) is 5.68. The number of ether oxygens (including phenoxy) is 1. The average molecular weight is 519 g/mol. The summed E-state index contributed by atoms with van der Waals surface area (Å²) in [5.41, 5.74) is 2.18. The number of unbranched alkanes of at least 4 members (excludes halogenated alkanes) is 1. The largest absolute Gasteiger partial charge is 0.465 e. The Hall–Kier alpha value is -2.12. The van der Waals surface area contributed by atoms with E-state index in [-0.39, 0.29) is 31.0 Å². The maximum absolute atomic E-state index is 13.6.